The van der Waals surface area contributed by atoms with Crippen LogP contribution in [0.25, 0.3) is 16.9 Å². The van der Waals surface area contributed by atoms with Crippen LogP contribution in [0.4, 0.5) is 4.39 Å². The quantitative estimate of drug-likeness (QED) is 0.665. The molecule has 0 atom stereocenters. The van der Waals surface area contributed by atoms with Crippen LogP contribution in [0.2, 0.25) is 0 Å². The number of pyridine rings is 1. The summed E-state index contributed by atoms with van der Waals surface area (Å²) in [7, 11) is 0. The number of hydrogen-bond donors (Lipinski definition) is 0. The molecule has 0 saturated carbocycles. The number of aromatic nitrogens is 4. The highest BCUT2D eigenvalue weighted by molar-refractivity contribution is 5.99. The van der Waals surface area contributed by atoms with Crippen molar-refractivity contribution in [2.75, 3.05) is 6.54 Å². The van der Waals surface area contributed by atoms with E-state index in [4.69, 9.17) is 0 Å². The predicted molar refractivity (Wildman–Crippen MR) is 98.9 cm³/mol. The van der Waals surface area contributed by atoms with Crippen molar-refractivity contribution in [1.82, 2.24) is 24.9 Å². The van der Waals surface area contributed by atoms with E-state index in [2.05, 4.69) is 29.1 Å². The maximum absolute atomic E-state index is 14.0. The summed E-state index contributed by atoms with van der Waals surface area (Å²) in [5.41, 5.74) is 4.22. The molecular formula is C20H20FN5O. The molecule has 2 aromatic heterocycles. The number of benzene rings is 1. The molecule has 3 heterocycles. The van der Waals surface area contributed by atoms with Crippen molar-refractivity contribution in [2.24, 2.45) is 5.92 Å². The van der Waals surface area contributed by atoms with Crippen LogP contribution in [0.3, 0.4) is 0 Å². The Balaban J connectivity index is 1.69. The van der Waals surface area contributed by atoms with Crippen molar-refractivity contribution >= 4 is 5.91 Å². The Morgan fingerprint density at radius 2 is 2.07 bits per heavy atom. The zero-order chi connectivity index (χ0) is 19.1. The molecule has 0 bridgehead atoms. The van der Waals surface area contributed by atoms with E-state index in [1.54, 1.807) is 12.1 Å². The predicted octanol–water partition coefficient (Wildman–Crippen LogP) is 3.39. The molecule has 0 saturated heterocycles. The third kappa shape index (κ3) is 2.99. The van der Waals surface area contributed by atoms with Crippen LogP contribution in [0, 0.1) is 18.8 Å². The summed E-state index contributed by atoms with van der Waals surface area (Å²) < 4.78 is 15.4. The fourth-order valence-corrected chi connectivity index (χ4v) is 3.48. The van der Waals surface area contributed by atoms with Gasteiger partial charge in [-0.2, -0.15) is 4.39 Å². The molecule has 6 nitrogen and oxygen atoms in total. The van der Waals surface area contributed by atoms with Crippen LogP contribution in [0.5, 0.6) is 0 Å². The molecule has 1 amide bonds. The molecular weight excluding hydrogens is 345 g/mol. The molecule has 138 valence electrons. The highest BCUT2D eigenvalue weighted by Crippen LogP contribution is 2.30. The van der Waals surface area contributed by atoms with Gasteiger partial charge in [-0.3, -0.25) is 4.79 Å². The monoisotopic (exact) mass is 365 g/mol. The van der Waals surface area contributed by atoms with Gasteiger partial charge >= 0.3 is 0 Å². The van der Waals surface area contributed by atoms with Gasteiger partial charge in [-0.15, -0.1) is 5.10 Å². The summed E-state index contributed by atoms with van der Waals surface area (Å²) in [6, 6.07) is 8.96. The Morgan fingerprint density at radius 3 is 2.81 bits per heavy atom. The number of rotatable bonds is 4. The lowest BCUT2D eigenvalue weighted by atomic mass is 10.0. The van der Waals surface area contributed by atoms with Crippen molar-refractivity contribution in [2.45, 2.75) is 27.3 Å². The first-order valence-corrected chi connectivity index (χ1v) is 8.91. The second kappa shape index (κ2) is 6.57. The second-order valence-electron chi connectivity index (χ2n) is 7.20. The van der Waals surface area contributed by atoms with Gasteiger partial charge in [0.2, 0.25) is 5.95 Å². The number of carbonyl (C=O) groups excluding carboxylic acids is 1. The first-order valence-electron chi connectivity index (χ1n) is 8.91. The summed E-state index contributed by atoms with van der Waals surface area (Å²) in [5, 5.41) is 8.33. The van der Waals surface area contributed by atoms with Gasteiger partial charge in [0, 0.05) is 30.4 Å². The summed E-state index contributed by atoms with van der Waals surface area (Å²) in [6.07, 6.45) is 1.40. The van der Waals surface area contributed by atoms with Gasteiger partial charge in [0.15, 0.2) is 0 Å². The third-order valence-electron chi connectivity index (χ3n) is 4.71. The van der Waals surface area contributed by atoms with Crippen molar-refractivity contribution in [3.8, 4) is 16.9 Å². The molecule has 3 aromatic rings. The molecule has 0 fully saturated rings. The number of carbonyl (C=O) groups is 1. The van der Waals surface area contributed by atoms with Gasteiger partial charge in [0.1, 0.15) is 11.4 Å². The molecule has 1 aliphatic rings. The Kier molecular flexibility index (Phi) is 4.22. The summed E-state index contributed by atoms with van der Waals surface area (Å²) in [4.78, 5) is 18.1. The van der Waals surface area contributed by atoms with Crippen LogP contribution in [-0.2, 0) is 6.54 Å². The first-order chi connectivity index (χ1) is 13.0. The minimum Gasteiger partial charge on any atom is -0.334 e. The Hall–Kier alpha value is -3.09. The summed E-state index contributed by atoms with van der Waals surface area (Å²) in [5.74, 6) is -0.108. The molecule has 4 rings (SSSR count). The highest BCUT2D eigenvalue weighted by Gasteiger charge is 2.28. The van der Waals surface area contributed by atoms with E-state index in [1.165, 1.54) is 10.9 Å². The van der Waals surface area contributed by atoms with Gasteiger partial charge in [-0.25, -0.2) is 9.67 Å². The topological polar surface area (TPSA) is 63.9 Å². The average molecular weight is 365 g/mol. The van der Waals surface area contributed by atoms with Crippen LogP contribution in [-0.4, -0.2) is 37.3 Å². The van der Waals surface area contributed by atoms with Gasteiger partial charge in [-0.1, -0.05) is 25.1 Å². The standard InChI is InChI=1S/C20H20FN5O/c1-12(2)10-25-11-15-9-14(6-7-16(15)20(25)27)18-13(3)26(24-23-18)17-5-4-8-22-19(17)21/h4-9,12H,10-11H2,1-3H3. The second-order valence-corrected chi connectivity index (χ2v) is 7.20. The lowest BCUT2D eigenvalue weighted by molar-refractivity contribution is 0.0760. The normalized spacial score (nSPS) is 13.5. The van der Waals surface area contributed by atoms with E-state index in [0.29, 0.717) is 23.9 Å². The Morgan fingerprint density at radius 1 is 1.26 bits per heavy atom. The van der Waals surface area contributed by atoms with E-state index < -0.39 is 5.95 Å². The first kappa shape index (κ1) is 17.3. The van der Waals surface area contributed by atoms with Crippen LogP contribution in [0.1, 0.15) is 35.5 Å². The van der Waals surface area contributed by atoms with E-state index >= 15 is 0 Å². The SMILES string of the molecule is Cc1c(-c2ccc3c(c2)CN(CC(C)C)C3=O)nnn1-c1cccnc1F. The Bertz CT molecular complexity index is 1030. The van der Waals surface area contributed by atoms with E-state index in [9.17, 15) is 9.18 Å². The molecule has 0 aliphatic carbocycles. The van der Waals surface area contributed by atoms with Gasteiger partial charge in [0.25, 0.3) is 5.91 Å². The molecule has 1 aliphatic heterocycles. The maximum atomic E-state index is 14.0. The molecule has 27 heavy (non-hydrogen) atoms. The zero-order valence-corrected chi connectivity index (χ0v) is 15.5. The van der Waals surface area contributed by atoms with E-state index in [1.807, 2.05) is 30.0 Å². The lowest BCUT2D eigenvalue weighted by Crippen LogP contribution is -2.27. The average Bonchev–Trinajstić information content (AvgIpc) is 3.15. The largest absolute Gasteiger partial charge is 0.334 e. The molecule has 0 unspecified atom stereocenters. The maximum Gasteiger partial charge on any atom is 0.254 e. The third-order valence-corrected chi connectivity index (χ3v) is 4.71. The molecule has 0 N–H and O–H groups in total. The summed E-state index contributed by atoms with van der Waals surface area (Å²) >= 11 is 0. The smallest absolute Gasteiger partial charge is 0.254 e. The van der Waals surface area contributed by atoms with Crippen molar-refractivity contribution in [1.29, 1.82) is 0 Å². The van der Waals surface area contributed by atoms with Gasteiger partial charge in [0.05, 0.1) is 5.69 Å². The molecule has 7 heteroatoms. The van der Waals surface area contributed by atoms with Gasteiger partial charge in [-0.05, 0) is 42.7 Å². The number of hydrogen-bond acceptors (Lipinski definition) is 4. The zero-order valence-electron chi connectivity index (χ0n) is 15.5. The number of nitrogens with zero attached hydrogens (tertiary/aromatic N) is 5. The van der Waals surface area contributed by atoms with Crippen molar-refractivity contribution in [3.63, 3.8) is 0 Å². The van der Waals surface area contributed by atoms with Crippen LogP contribution in [0.15, 0.2) is 36.5 Å². The van der Waals surface area contributed by atoms with Gasteiger partial charge < -0.3 is 4.90 Å². The number of fused-ring (bicyclic) bond motifs is 1. The van der Waals surface area contributed by atoms with Crippen LogP contribution >= 0.6 is 0 Å². The highest BCUT2D eigenvalue weighted by atomic mass is 19.1. The molecule has 0 spiro atoms. The fraction of sp³-hybridized carbons (Fsp3) is 0.300. The summed E-state index contributed by atoms with van der Waals surface area (Å²) in [6.45, 7) is 7.37. The fourth-order valence-electron chi connectivity index (χ4n) is 3.48. The molecule has 1 aromatic carbocycles. The van der Waals surface area contributed by atoms with E-state index in [-0.39, 0.29) is 11.6 Å². The van der Waals surface area contributed by atoms with Crippen LogP contribution < -0.4 is 0 Å². The molecule has 0 radical (unpaired) electrons. The number of halogens is 1. The Labute approximate surface area is 156 Å². The van der Waals surface area contributed by atoms with Crippen molar-refractivity contribution in [3.05, 3.63) is 59.3 Å². The number of amides is 1. The van der Waals surface area contributed by atoms with Crippen molar-refractivity contribution < 1.29 is 9.18 Å². The minimum atomic E-state index is -0.596. The van der Waals surface area contributed by atoms with E-state index in [0.717, 1.165) is 23.2 Å². The minimum absolute atomic E-state index is 0.0723. The lowest BCUT2D eigenvalue weighted by Gasteiger charge is -2.17.